The second-order valence-electron chi connectivity index (χ2n) is 8.76. The minimum atomic E-state index is -0.311. The number of para-hydroxylation sites is 2. The van der Waals surface area contributed by atoms with E-state index in [0.29, 0.717) is 24.3 Å². The molecule has 0 N–H and O–H groups in total. The number of aromatic nitrogens is 4. The Balaban J connectivity index is 1.47. The van der Waals surface area contributed by atoms with Crippen molar-refractivity contribution in [2.45, 2.75) is 26.9 Å². The minimum absolute atomic E-state index is 0.276. The highest BCUT2D eigenvalue weighted by molar-refractivity contribution is 5.70. The number of imidazole rings is 1. The number of benzene rings is 1. The summed E-state index contributed by atoms with van der Waals surface area (Å²) in [6, 6.07) is 8.11. The van der Waals surface area contributed by atoms with Gasteiger partial charge in [0, 0.05) is 52.9 Å². The van der Waals surface area contributed by atoms with E-state index in [1.807, 2.05) is 36.6 Å². The Hall–Kier alpha value is -3.07. The number of rotatable bonds is 7. The molecule has 1 aliphatic heterocycles. The van der Waals surface area contributed by atoms with E-state index in [9.17, 15) is 9.59 Å². The quantitative estimate of drug-likeness (QED) is 0.553. The van der Waals surface area contributed by atoms with E-state index in [2.05, 4.69) is 20.9 Å². The van der Waals surface area contributed by atoms with Crippen LogP contribution in [0.3, 0.4) is 0 Å². The Morgan fingerprint density at radius 1 is 1.06 bits per heavy atom. The fourth-order valence-electron chi connectivity index (χ4n) is 4.36. The number of piperazine rings is 1. The molecule has 1 aromatic carbocycles. The summed E-state index contributed by atoms with van der Waals surface area (Å²) in [7, 11) is 3.24. The molecular weight excluding hydrogens is 408 g/mol. The number of anilines is 1. The molecule has 0 bridgehead atoms. The molecule has 0 atom stereocenters. The lowest BCUT2D eigenvalue weighted by atomic mass is 10.2. The SMILES string of the molecule is COc1ccccc1N1CCN(CCn2cnc3c2c(=O)n(C)c(=O)n3CC(C)C)CC1. The highest BCUT2D eigenvalue weighted by atomic mass is 16.5. The first-order chi connectivity index (χ1) is 15.4. The molecule has 32 heavy (non-hydrogen) atoms. The van der Waals surface area contributed by atoms with E-state index in [1.54, 1.807) is 18.0 Å². The van der Waals surface area contributed by atoms with Gasteiger partial charge in [-0.3, -0.25) is 18.8 Å². The molecule has 1 aliphatic rings. The molecule has 0 saturated carbocycles. The van der Waals surface area contributed by atoms with Crippen LogP contribution in [-0.2, 0) is 20.1 Å². The van der Waals surface area contributed by atoms with E-state index < -0.39 is 0 Å². The van der Waals surface area contributed by atoms with Crippen molar-refractivity contribution < 1.29 is 4.74 Å². The van der Waals surface area contributed by atoms with Crippen LogP contribution in [0.2, 0.25) is 0 Å². The van der Waals surface area contributed by atoms with Gasteiger partial charge in [-0.1, -0.05) is 26.0 Å². The van der Waals surface area contributed by atoms with Gasteiger partial charge in [0.05, 0.1) is 19.1 Å². The lowest BCUT2D eigenvalue weighted by molar-refractivity contribution is 0.248. The number of nitrogens with zero attached hydrogens (tertiary/aromatic N) is 6. The maximum absolute atomic E-state index is 12.8. The highest BCUT2D eigenvalue weighted by Crippen LogP contribution is 2.28. The Kier molecular flexibility index (Phi) is 6.36. The highest BCUT2D eigenvalue weighted by Gasteiger charge is 2.21. The summed E-state index contributed by atoms with van der Waals surface area (Å²) in [5.41, 5.74) is 1.51. The molecule has 0 radical (unpaired) electrons. The summed E-state index contributed by atoms with van der Waals surface area (Å²) in [4.78, 5) is 34.6. The molecule has 2 aromatic heterocycles. The molecule has 0 amide bonds. The molecule has 9 heteroatoms. The van der Waals surface area contributed by atoms with Crippen molar-refractivity contribution in [3.05, 3.63) is 51.4 Å². The number of hydrogen-bond acceptors (Lipinski definition) is 6. The number of fused-ring (bicyclic) bond motifs is 1. The van der Waals surface area contributed by atoms with Crippen molar-refractivity contribution >= 4 is 16.9 Å². The topological polar surface area (TPSA) is 77.5 Å². The molecule has 0 aliphatic carbocycles. The van der Waals surface area contributed by atoms with Gasteiger partial charge < -0.3 is 14.2 Å². The van der Waals surface area contributed by atoms with Crippen LogP contribution in [0.1, 0.15) is 13.8 Å². The summed E-state index contributed by atoms with van der Waals surface area (Å²) in [5.74, 6) is 1.17. The van der Waals surface area contributed by atoms with Gasteiger partial charge >= 0.3 is 5.69 Å². The Labute approximate surface area is 187 Å². The maximum Gasteiger partial charge on any atom is 0.332 e. The van der Waals surface area contributed by atoms with Crippen LogP contribution in [0.25, 0.3) is 11.2 Å². The number of ether oxygens (including phenoxy) is 1. The molecule has 0 spiro atoms. The van der Waals surface area contributed by atoms with Crippen LogP contribution in [-0.4, -0.2) is 63.4 Å². The first-order valence-corrected chi connectivity index (χ1v) is 11.2. The van der Waals surface area contributed by atoms with Gasteiger partial charge in [-0.05, 0) is 18.1 Å². The van der Waals surface area contributed by atoms with E-state index >= 15 is 0 Å². The summed E-state index contributed by atoms with van der Waals surface area (Å²) in [5, 5.41) is 0. The normalized spacial score (nSPS) is 15.1. The van der Waals surface area contributed by atoms with Crippen LogP contribution in [0.4, 0.5) is 5.69 Å². The smallest absolute Gasteiger partial charge is 0.332 e. The average Bonchev–Trinajstić information content (AvgIpc) is 3.23. The molecule has 3 heterocycles. The molecule has 9 nitrogen and oxygen atoms in total. The molecule has 172 valence electrons. The minimum Gasteiger partial charge on any atom is -0.495 e. The van der Waals surface area contributed by atoms with Crippen LogP contribution >= 0.6 is 0 Å². The van der Waals surface area contributed by atoms with Crippen molar-refractivity contribution in [2.75, 3.05) is 44.7 Å². The zero-order valence-electron chi connectivity index (χ0n) is 19.3. The first kappa shape index (κ1) is 22.1. The zero-order chi connectivity index (χ0) is 22.8. The molecule has 3 aromatic rings. The Morgan fingerprint density at radius 2 is 1.78 bits per heavy atom. The van der Waals surface area contributed by atoms with Crippen LogP contribution in [0.15, 0.2) is 40.2 Å². The second kappa shape index (κ2) is 9.20. The van der Waals surface area contributed by atoms with Crippen LogP contribution < -0.4 is 20.9 Å². The van der Waals surface area contributed by atoms with Crippen LogP contribution in [0.5, 0.6) is 5.75 Å². The second-order valence-corrected chi connectivity index (χ2v) is 8.76. The van der Waals surface area contributed by atoms with Crippen molar-refractivity contribution in [3.63, 3.8) is 0 Å². The summed E-state index contributed by atoms with van der Waals surface area (Å²) in [6.45, 7) is 9.79. The van der Waals surface area contributed by atoms with Gasteiger partial charge in [0.2, 0.25) is 0 Å². The van der Waals surface area contributed by atoms with E-state index in [4.69, 9.17) is 4.74 Å². The molecule has 1 saturated heterocycles. The predicted molar refractivity (Wildman–Crippen MR) is 126 cm³/mol. The predicted octanol–water partition coefficient (Wildman–Crippen LogP) is 1.38. The first-order valence-electron chi connectivity index (χ1n) is 11.2. The maximum atomic E-state index is 12.8. The lowest BCUT2D eigenvalue weighted by Crippen LogP contribution is -2.47. The Bertz CT molecular complexity index is 1200. The van der Waals surface area contributed by atoms with Gasteiger partial charge in [0.1, 0.15) is 5.75 Å². The summed E-state index contributed by atoms with van der Waals surface area (Å²) in [6.07, 6.45) is 1.69. The molecule has 4 rings (SSSR count). The summed E-state index contributed by atoms with van der Waals surface area (Å²) < 4.78 is 10.2. The average molecular weight is 441 g/mol. The number of hydrogen-bond donors (Lipinski definition) is 0. The van der Waals surface area contributed by atoms with Gasteiger partial charge in [-0.25, -0.2) is 9.78 Å². The van der Waals surface area contributed by atoms with Gasteiger partial charge in [0.15, 0.2) is 11.2 Å². The van der Waals surface area contributed by atoms with Crippen LogP contribution in [0, 0.1) is 5.92 Å². The Morgan fingerprint density at radius 3 is 2.47 bits per heavy atom. The number of methoxy groups -OCH3 is 1. The van der Waals surface area contributed by atoms with Crippen molar-refractivity contribution in [1.82, 2.24) is 23.6 Å². The zero-order valence-corrected chi connectivity index (χ0v) is 19.3. The van der Waals surface area contributed by atoms with E-state index in [1.165, 1.54) is 11.6 Å². The van der Waals surface area contributed by atoms with Crippen molar-refractivity contribution in [3.8, 4) is 5.75 Å². The van der Waals surface area contributed by atoms with Crippen molar-refractivity contribution in [2.24, 2.45) is 13.0 Å². The largest absolute Gasteiger partial charge is 0.495 e. The third-order valence-corrected chi connectivity index (χ3v) is 6.10. The summed E-state index contributed by atoms with van der Waals surface area (Å²) >= 11 is 0. The van der Waals surface area contributed by atoms with E-state index in [-0.39, 0.29) is 17.2 Å². The van der Waals surface area contributed by atoms with Gasteiger partial charge in [-0.15, -0.1) is 0 Å². The third-order valence-electron chi connectivity index (χ3n) is 6.10. The monoisotopic (exact) mass is 440 g/mol. The van der Waals surface area contributed by atoms with Gasteiger partial charge in [0.25, 0.3) is 5.56 Å². The molecule has 1 fully saturated rings. The fraction of sp³-hybridized carbons (Fsp3) is 0.522. The van der Waals surface area contributed by atoms with E-state index in [0.717, 1.165) is 44.2 Å². The van der Waals surface area contributed by atoms with Crippen molar-refractivity contribution in [1.29, 1.82) is 0 Å². The fourth-order valence-corrected chi connectivity index (χ4v) is 4.36. The molecular formula is C23H32N6O3. The lowest BCUT2D eigenvalue weighted by Gasteiger charge is -2.36. The standard InChI is InChI=1S/C23H32N6O3/c1-17(2)15-29-21-20(22(30)25(3)23(29)31)28(16-24-21)14-11-26-9-12-27(13-10-26)18-7-5-6-8-19(18)32-4/h5-8,16-17H,9-15H2,1-4H3. The third kappa shape index (κ3) is 4.17. The molecule has 0 unspecified atom stereocenters. The van der Waals surface area contributed by atoms with Gasteiger partial charge in [-0.2, -0.15) is 0 Å².